The van der Waals surface area contributed by atoms with Crippen molar-refractivity contribution in [3.05, 3.63) is 0 Å². The van der Waals surface area contributed by atoms with Gasteiger partial charge in [-0.05, 0) is 25.0 Å². The van der Waals surface area contributed by atoms with Gasteiger partial charge in [-0.2, -0.15) is 0 Å². The van der Waals surface area contributed by atoms with Crippen LogP contribution in [0.4, 0.5) is 0 Å². The van der Waals surface area contributed by atoms with Gasteiger partial charge in [-0.3, -0.25) is 0 Å². The van der Waals surface area contributed by atoms with E-state index in [0.717, 1.165) is 20.4 Å². The molecule has 1 aliphatic carbocycles. The summed E-state index contributed by atoms with van der Waals surface area (Å²) >= 11 is 5.04. The fourth-order valence-electron chi connectivity index (χ4n) is 1.17. The molecule has 1 atom stereocenters. The van der Waals surface area contributed by atoms with Gasteiger partial charge >= 0.3 is 0 Å². The highest BCUT2D eigenvalue weighted by Gasteiger charge is 2.28. The molecule has 1 unspecified atom stereocenters. The molecular weight excluding hydrogens is 234 g/mol. The van der Waals surface area contributed by atoms with Crippen LogP contribution in [0.15, 0.2) is 8.68 Å². The fourth-order valence-corrected chi connectivity index (χ4v) is 3.71. The smallest absolute Gasteiger partial charge is 0.175 e. The second-order valence-corrected chi connectivity index (χ2v) is 6.65. The Bertz CT molecular complexity index is 298. The first-order chi connectivity index (χ1) is 6.79. The summed E-state index contributed by atoms with van der Waals surface area (Å²) in [5.41, 5.74) is 6.00. The summed E-state index contributed by atoms with van der Waals surface area (Å²) in [5.74, 6) is 1.75. The number of hydrogen-bond donors (Lipinski definition) is 1. The summed E-state index contributed by atoms with van der Waals surface area (Å²) in [7, 11) is 0. The molecule has 1 aliphatic rings. The highest BCUT2D eigenvalue weighted by atomic mass is 32.2. The van der Waals surface area contributed by atoms with Crippen molar-refractivity contribution in [3.8, 4) is 0 Å². The Morgan fingerprint density at radius 3 is 2.79 bits per heavy atom. The Morgan fingerprint density at radius 1 is 1.50 bits per heavy atom. The van der Waals surface area contributed by atoms with Crippen molar-refractivity contribution in [2.75, 3.05) is 12.0 Å². The monoisotopic (exact) mass is 247 g/mol. The van der Waals surface area contributed by atoms with Crippen LogP contribution >= 0.6 is 34.9 Å². The Morgan fingerprint density at radius 2 is 2.21 bits per heavy atom. The summed E-state index contributed by atoms with van der Waals surface area (Å²) < 4.78 is 2.08. The normalized spacial score (nSPS) is 18.4. The van der Waals surface area contributed by atoms with Crippen LogP contribution in [0, 0.1) is 5.92 Å². The molecule has 0 bridgehead atoms. The maximum atomic E-state index is 6.00. The molecule has 1 fully saturated rings. The molecule has 2 rings (SSSR count). The van der Waals surface area contributed by atoms with Gasteiger partial charge in [0.2, 0.25) is 0 Å². The van der Waals surface area contributed by atoms with E-state index in [2.05, 4.69) is 10.2 Å². The Labute approximate surface area is 96.2 Å². The van der Waals surface area contributed by atoms with Crippen molar-refractivity contribution < 1.29 is 0 Å². The second kappa shape index (κ2) is 4.83. The molecule has 0 saturated heterocycles. The number of hydrogen-bond acceptors (Lipinski definition) is 6. The summed E-state index contributed by atoms with van der Waals surface area (Å²) in [4.78, 5) is 0. The standard InChI is InChI=1S/C8H13N3S3/c1-12-7-10-11-8(14-7)13-4-6(9)5-2-3-5/h5-6H,2-4,9H2,1H3. The van der Waals surface area contributed by atoms with E-state index in [1.54, 1.807) is 34.9 Å². The average Bonchev–Trinajstić information content (AvgIpc) is 2.94. The largest absolute Gasteiger partial charge is 0.327 e. The number of aromatic nitrogens is 2. The van der Waals surface area contributed by atoms with Gasteiger partial charge in [0.05, 0.1) is 0 Å². The van der Waals surface area contributed by atoms with Crippen molar-refractivity contribution in [1.29, 1.82) is 0 Å². The minimum absolute atomic E-state index is 0.349. The summed E-state index contributed by atoms with van der Waals surface area (Å²) in [6, 6.07) is 0.349. The van der Waals surface area contributed by atoms with Gasteiger partial charge < -0.3 is 5.73 Å². The molecule has 78 valence electrons. The van der Waals surface area contributed by atoms with Gasteiger partial charge in [0.15, 0.2) is 8.68 Å². The molecule has 3 nitrogen and oxygen atoms in total. The first-order valence-corrected chi connectivity index (χ1v) is 7.58. The maximum absolute atomic E-state index is 6.00. The van der Waals surface area contributed by atoms with Crippen molar-refractivity contribution in [2.45, 2.75) is 27.6 Å². The van der Waals surface area contributed by atoms with Gasteiger partial charge in [-0.25, -0.2) is 0 Å². The topological polar surface area (TPSA) is 51.8 Å². The van der Waals surface area contributed by atoms with Crippen LogP contribution in [0.3, 0.4) is 0 Å². The Hall–Kier alpha value is 0.220. The molecule has 1 aromatic heterocycles. The predicted octanol–water partition coefficient (Wildman–Crippen LogP) is 2.09. The molecule has 2 N–H and O–H groups in total. The fraction of sp³-hybridized carbons (Fsp3) is 0.750. The number of nitrogens with zero attached hydrogens (tertiary/aromatic N) is 2. The second-order valence-electron chi connectivity index (χ2n) is 3.35. The molecule has 0 aromatic carbocycles. The van der Waals surface area contributed by atoms with Gasteiger partial charge in [0.1, 0.15) is 0 Å². The van der Waals surface area contributed by atoms with E-state index in [-0.39, 0.29) is 0 Å². The zero-order valence-electron chi connectivity index (χ0n) is 7.97. The molecule has 1 heterocycles. The molecule has 0 aliphatic heterocycles. The summed E-state index contributed by atoms with van der Waals surface area (Å²) in [6.07, 6.45) is 4.65. The molecule has 14 heavy (non-hydrogen) atoms. The first kappa shape index (κ1) is 10.7. The zero-order valence-corrected chi connectivity index (χ0v) is 10.4. The molecule has 0 amide bonds. The van der Waals surface area contributed by atoms with Crippen molar-refractivity contribution in [2.24, 2.45) is 11.7 Å². The maximum Gasteiger partial charge on any atom is 0.175 e. The lowest BCUT2D eigenvalue weighted by Crippen LogP contribution is -2.24. The minimum Gasteiger partial charge on any atom is -0.327 e. The van der Waals surface area contributed by atoms with E-state index in [1.165, 1.54) is 12.8 Å². The average molecular weight is 247 g/mol. The van der Waals surface area contributed by atoms with Crippen LogP contribution < -0.4 is 5.73 Å². The molecule has 6 heteroatoms. The highest BCUT2D eigenvalue weighted by molar-refractivity contribution is 8.03. The SMILES string of the molecule is CSc1nnc(SCC(N)C2CC2)s1. The van der Waals surface area contributed by atoms with Crippen molar-refractivity contribution in [3.63, 3.8) is 0 Å². The van der Waals surface area contributed by atoms with Gasteiger partial charge in [-0.1, -0.05) is 34.9 Å². The van der Waals surface area contributed by atoms with E-state index < -0.39 is 0 Å². The van der Waals surface area contributed by atoms with Crippen LogP contribution in [0.25, 0.3) is 0 Å². The van der Waals surface area contributed by atoms with Crippen LogP contribution in [0.5, 0.6) is 0 Å². The lowest BCUT2D eigenvalue weighted by Gasteiger charge is -2.06. The molecular formula is C8H13N3S3. The van der Waals surface area contributed by atoms with Gasteiger partial charge in [-0.15, -0.1) is 10.2 Å². The Balaban J connectivity index is 1.78. The van der Waals surface area contributed by atoms with E-state index in [9.17, 15) is 0 Å². The number of thioether (sulfide) groups is 2. The van der Waals surface area contributed by atoms with Crippen molar-refractivity contribution >= 4 is 34.9 Å². The van der Waals surface area contributed by atoms with E-state index >= 15 is 0 Å². The van der Waals surface area contributed by atoms with Crippen LogP contribution in [-0.2, 0) is 0 Å². The molecule has 0 spiro atoms. The number of nitrogens with two attached hydrogens (primary N) is 1. The predicted molar refractivity (Wildman–Crippen MR) is 63.1 cm³/mol. The van der Waals surface area contributed by atoms with Crippen LogP contribution in [0.1, 0.15) is 12.8 Å². The van der Waals surface area contributed by atoms with Crippen LogP contribution in [-0.4, -0.2) is 28.2 Å². The minimum atomic E-state index is 0.349. The third kappa shape index (κ3) is 2.85. The number of rotatable bonds is 5. The lowest BCUT2D eigenvalue weighted by molar-refractivity contribution is 0.659. The molecule has 1 aromatic rings. The van der Waals surface area contributed by atoms with Gasteiger partial charge in [0, 0.05) is 11.8 Å². The third-order valence-corrected chi connectivity index (χ3v) is 5.37. The molecule has 1 saturated carbocycles. The van der Waals surface area contributed by atoms with E-state index in [0.29, 0.717) is 6.04 Å². The molecule has 0 radical (unpaired) electrons. The lowest BCUT2D eigenvalue weighted by atomic mass is 10.2. The quantitative estimate of drug-likeness (QED) is 0.807. The first-order valence-electron chi connectivity index (χ1n) is 4.55. The zero-order chi connectivity index (χ0) is 9.97. The van der Waals surface area contributed by atoms with Gasteiger partial charge in [0.25, 0.3) is 0 Å². The highest BCUT2D eigenvalue weighted by Crippen LogP contribution is 2.35. The third-order valence-electron chi connectivity index (χ3n) is 2.19. The van der Waals surface area contributed by atoms with Crippen molar-refractivity contribution in [1.82, 2.24) is 10.2 Å². The van der Waals surface area contributed by atoms with Crippen LogP contribution in [0.2, 0.25) is 0 Å². The summed E-state index contributed by atoms with van der Waals surface area (Å²) in [6.45, 7) is 0. The Kier molecular flexibility index (Phi) is 3.70. The van der Waals surface area contributed by atoms with E-state index in [4.69, 9.17) is 5.73 Å². The summed E-state index contributed by atoms with van der Waals surface area (Å²) in [5, 5.41) is 8.14. The van der Waals surface area contributed by atoms with E-state index in [1.807, 2.05) is 6.26 Å².